The maximum absolute atomic E-state index is 12.2. The van der Waals surface area contributed by atoms with Gasteiger partial charge in [0.15, 0.2) is 14.9 Å². The van der Waals surface area contributed by atoms with Crippen LogP contribution in [0.4, 0.5) is 10.5 Å². The van der Waals surface area contributed by atoms with Crippen molar-refractivity contribution in [3.8, 4) is 5.75 Å². The molecular weight excluding hydrogens is 454 g/mol. The average molecular weight is 490 g/mol. The lowest BCUT2D eigenvalue weighted by Crippen LogP contribution is -2.44. The third kappa shape index (κ3) is 7.09. The first-order chi connectivity index (χ1) is 15.8. The van der Waals surface area contributed by atoms with Gasteiger partial charge in [-0.3, -0.25) is 0 Å². The number of pyridine rings is 1. The van der Waals surface area contributed by atoms with Gasteiger partial charge in [-0.05, 0) is 57.5 Å². The lowest BCUT2D eigenvalue weighted by molar-refractivity contribution is 0.0126. The number of nitrogens with zero attached hydrogens (tertiary/aromatic N) is 3. The predicted octanol–water partition coefficient (Wildman–Crippen LogP) is 4.21. The van der Waals surface area contributed by atoms with Crippen molar-refractivity contribution in [2.45, 2.75) is 63.8 Å². The second-order valence-corrected chi connectivity index (χ2v) is 11.8. The van der Waals surface area contributed by atoms with Gasteiger partial charge in [0, 0.05) is 45.8 Å². The van der Waals surface area contributed by atoms with Crippen molar-refractivity contribution in [1.29, 1.82) is 0 Å². The lowest BCUT2D eigenvalue weighted by atomic mass is 10.1. The Morgan fingerprint density at radius 2 is 1.74 bits per heavy atom. The molecule has 0 N–H and O–H groups in total. The smallest absolute Gasteiger partial charge is 0.410 e. The van der Waals surface area contributed by atoms with Crippen LogP contribution in [0.25, 0.3) is 0 Å². The number of hydrogen-bond acceptors (Lipinski definition) is 7. The minimum absolute atomic E-state index is 0.0642. The van der Waals surface area contributed by atoms with E-state index < -0.39 is 15.4 Å². The number of hydrogen-bond donors (Lipinski definition) is 0. The van der Waals surface area contributed by atoms with Gasteiger partial charge in [0.2, 0.25) is 0 Å². The second-order valence-electron chi connectivity index (χ2n) is 9.81. The molecule has 1 aromatic heterocycles. The van der Waals surface area contributed by atoms with E-state index in [0.29, 0.717) is 25.3 Å². The molecule has 1 aliphatic rings. The van der Waals surface area contributed by atoms with Gasteiger partial charge in [-0.15, -0.1) is 0 Å². The number of anilines is 1. The van der Waals surface area contributed by atoms with E-state index in [2.05, 4.69) is 4.98 Å². The van der Waals surface area contributed by atoms with Crippen molar-refractivity contribution in [3.05, 3.63) is 47.7 Å². The summed E-state index contributed by atoms with van der Waals surface area (Å²) in [6, 6.07) is 11.3. The van der Waals surface area contributed by atoms with Gasteiger partial charge in [-0.25, -0.2) is 18.2 Å². The van der Waals surface area contributed by atoms with Gasteiger partial charge in [0.1, 0.15) is 17.5 Å². The highest BCUT2D eigenvalue weighted by atomic mass is 32.2. The van der Waals surface area contributed by atoms with Crippen molar-refractivity contribution >= 4 is 21.6 Å². The summed E-state index contributed by atoms with van der Waals surface area (Å²) in [5.41, 5.74) is 2.16. The molecule has 0 bridgehead atoms. The highest BCUT2D eigenvalue weighted by Gasteiger charge is 2.27. The molecular formula is C25H35N3O5S. The quantitative estimate of drug-likeness (QED) is 0.600. The summed E-state index contributed by atoms with van der Waals surface area (Å²) < 4.78 is 35.0. The standard InChI is InChI=1S/C25H35N3O5S/c1-18-22(11-12-23(26-18)34(6,30)31)27(5)17-19-7-9-20(10-8-19)32-21-13-15-28(16-14-21)24(29)33-25(2,3)4/h7-12,21H,13-17H2,1-6H3. The number of benzene rings is 1. The molecule has 0 radical (unpaired) electrons. The molecule has 0 saturated carbocycles. The van der Waals surface area contributed by atoms with Crippen molar-refractivity contribution < 1.29 is 22.7 Å². The summed E-state index contributed by atoms with van der Waals surface area (Å²) in [5.74, 6) is 0.803. The van der Waals surface area contributed by atoms with Crippen LogP contribution in [0.3, 0.4) is 0 Å². The number of rotatable bonds is 6. The Labute approximate surface area is 202 Å². The van der Waals surface area contributed by atoms with Crippen LogP contribution in [0.1, 0.15) is 44.9 Å². The fraction of sp³-hybridized carbons (Fsp3) is 0.520. The first-order valence-corrected chi connectivity index (χ1v) is 13.3. The largest absolute Gasteiger partial charge is 0.490 e. The van der Waals surface area contributed by atoms with E-state index >= 15 is 0 Å². The molecule has 1 saturated heterocycles. The van der Waals surface area contributed by atoms with E-state index in [4.69, 9.17) is 9.47 Å². The normalized spacial score (nSPS) is 15.2. The molecule has 1 fully saturated rings. The summed E-state index contributed by atoms with van der Waals surface area (Å²) in [6.45, 7) is 9.31. The second kappa shape index (κ2) is 10.2. The summed E-state index contributed by atoms with van der Waals surface area (Å²) in [7, 11) is -1.38. The molecule has 9 heteroatoms. The van der Waals surface area contributed by atoms with E-state index in [9.17, 15) is 13.2 Å². The molecule has 0 unspecified atom stereocenters. The maximum atomic E-state index is 12.2. The van der Waals surface area contributed by atoms with Crippen LogP contribution in [-0.2, 0) is 21.1 Å². The molecule has 0 spiro atoms. The number of aromatic nitrogens is 1. The molecule has 0 atom stereocenters. The third-order valence-corrected chi connectivity index (χ3v) is 6.55. The van der Waals surface area contributed by atoms with Gasteiger partial charge in [-0.2, -0.15) is 0 Å². The van der Waals surface area contributed by atoms with Crippen molar-refractivity contribution in [1.82, 2.24) is 9.88 Å². The van der Waals surface area contributed by atoms with Crippen LogP contribution in [0.2, 0.25) is 0 Å². The molecule has 1 aromatic carbocycles. The van der Waals surface area contributed by atoms with Crippen molar-refractivity contribution in [2.24, 2.45) is 0 Å². The summed E-state index contributed by atoms with van der Waals surface area (Å²) in [6.07, 6.45) is 2.48. The average Bonchev–Trinajstić information content (AvgIpc) is 2.73. The highest BCUT2D eigenvalue weighted by molar-refractivity contribution is 7.90. The predicted molar refractivity (Wildman–Crippen MR) is 132 cm³/mol. The van der Waals surface area contributed by atoms with E-state index in [1.165, 1.54) is 0 Å². The zero-order valence-electron chi connectivity index (χ0n) is 20.9. The minimum Gasteiger partial charge on any atom is -0.490 e. The number of ether oxygens (including phenoxy) is 2. The summed E-state index contributed by atoms with van der Waals surface area (Å²) in [5, 5.41) is 0.0839. The Kier molecular flexibility index (Phi) is 7.75. The first-order valence-electron chi connectivity index (χ1n) is 11.4. The number of piperidine rings is 1. The van der Waals surface area contributed by atoms with Gasteiger partial charge < -0.3 is 19.3 Å². The summed E-state index contributed by atoms with van der Waals surface area (Å²) >= 11 is 0. The fourth-order valence-electron chi connectivity index (χ4n) is 3.85. The molecule has 0 aliphatic carbocycles. The lowest BCUT2D eigenvalue weighted by Gasteiger charge is -2.33. The number of likely N-dealkylation sites (tertiary alicyclic amines) is 1. The van der Waals surface area contributed by atoms with Gasteiger partial charge in [-0.1, -0.05) is 12.1 Å². The molecule has 3 rings (SSSR count). The number of carbonyl (C=O) groups is 1. The Morgan fingerprint density at radius 1 is 1.12 bits per heavy atom. The molecule has 2 heterocycles. The molecule has 2 aromatic rings. The first kappa shape index (κ1) is 25.8. The monoisotopic (exact) mass is 489 g/mol. The zero-order valence-corrected chi connectivity index (χ0v) is 21.7. The van der Waals surface area contributed by atoms with Gasteiger partial charge >= 0.3 is 6.09 Å². The molecule has 186 valence electrons. The van der Waals surface area contributed by atoms with E-state index in [1.807, 2.05) is 63.9 Å². The Balaban J connectivity index is 1.52. The minimum atomic E-state index is -3.33. The maximum Gasteiger partial charge on any atom is 0.410 e. The SMILES string of the molecule is Cc1nc(S(C)(=O)=O)ccc1N(C)Cc1ccc(OC2CCN(C(=O)OC(C)(C)C)CC2)cc1. The van der Waals surface area contributed by atoms with Crippen LogP contribution in [0, 0.1) is 6.92 Å². The van der Waals surface area contributed by atoms with Crippen LogP contribution >= 0.6 is 0 Å². The topological polar surface area (TPSA) is 89.0 Å². The van der Waals surface area contributed by atoms with Crippen molar-refractivity contribution in [3.63, 3.8) is 0 Å². The van der Waals surface area contributed by atoms with Crippen LogP contribution < -0.4 is 9.64 Å². The van der Waals surface area contributed by atoms with Crippen molar-refractivity contribution in [2.75, 3.05) is 31.3 Å². The van der Waals surface area contributed by atoms with Crippen LogP contribution in [-0.4, -0.2) is 62.5 Å². The van der Waals surface area contributed by atoms with E-state index in [1.54, 1.807) is 17.0 Å². The summed E-state index contributed by atoms with van der Waals surface area (Å²) in [4.78, 5) is 20.2. The highest BCUT2D eigenvalue weighted by Crippen LogP contribution is 2.24. The van der Waals surface area contributed by atoms with Crippen LogP contribution in [0.15, 0.2) is 41.4 Å². The van der Waals surface area contributed by atoms with Gasteiger partial charge in [0.25, 0.3) is 0 Å². The molecule has 34 heavy (non-hydrogen) atoms. The fourth-order valence-corrected chi connectivity index (χ4v) is 4.47. The Bertz CT molecular complexity index is 1100. The van der Waals surface area contributed by atoms with Crippen LogP contribution in [0.5, 0.6) is 5.75 Å². The van der Waals surface area contributed by atoms with E-state index in [-0.39, 0.29) is 17.2 Å². The molecule has 1 aliphatic heterocycles. The van der Waals surface area contributed by atoms with Gasteiger partial charge in [0.05, 0.1) is 11.4 Å². The third-order valence-electron chi connectivity index (χ3n) is 5.56. The Hall–Kier alpha value is -2.81. The molecule has 8 nitrogen and oxygen atoms in total. The van der Waals surface area contributed by atoms with E-state index in [0.717, 1.165) is 36.1 Å². The number of sulfone groups is 1. The Morgan fingerprint density at radius 3 is 2.26 bits per heavy atom. The molecule has 1 amide bonds. The number of amides is 1. The zero-order chi connectivity index (χ0) is 25.1. The number of carbonyl (C=O) groups excluding carboxylic acids is 1. The number of aryl methyl sites for hydroxylation is 1.